The van der Waals surface area contributed by atoms with Gasteiger partial charge in [0.2, 0.25) is 0 Å². The minimum atomic E-state index is 0.488. The monoisotopic (exact) mass is 347 g/mol. The average molecular weight is 348 g/mol. The molecule has 0 aliphatic rings. The maximum Gasteiger partial charge on any atom is 0.119 e. The molecule has 0 saturated heterocycles. The van der Waals surface area contributed by atoms with Gasteiger partial charge in [-0.25, -0.2) is 0 Å². The minimum absolute atomic E-state index is 0.488. The van der Waals surface area contributed by atoms with Crippen molar-refractivity contribution in [3.05, 3.63) is 58.6 Å². The Morgan fingerprint density at radius 1 is 1.05 bits per heavy atom. The molecule has 1 unspecified atom stereocenters. The fraction of sp³-hybridized carbons (Fsp3) is 0.333. The van der Waals surface area contributed by atoms with Crippen LogP contribution in [0.4, 0.5) is 5.69 Å². The van der Waals surface area contributed by atoms with Gasteiger partial charge in [-0.1, -0.05) is 35.0 Å². The Labute approximate surface area is 135 Å². The summed E-state index contributed by atoms with van der Waals surface area (Å²) in [6.45, 7) is 5.40. The van der Waals surface area contributed by atoms with Crippen LogP contribution in [0.1, 0.15) is 25.8 Å². The van der Waals surface area contributed by atoms with Crippen LogP contribution in [0.25, 0.3) is 0 Å². The SMILES string of the molecule is CCC(C)N(Cc1ccc(Br)cc1)c1ccc(OC)cc1. The number of methoxy groups -OCH3 is 1. The summed E-state index contributed by atoms with van der Waals surface area (Å²) in [5.74, 6) is 0.895. The van der Waals surface area contributed by atoms with E-state index in [0.29, 0.717) is 6.04 Å². The summed E-state index contributed by atoms with van der Waals surface area (Å²) in [5.41, 5.74) is 2.54. The van der Waals surface area contributed by atoms with Crippen molar-refractivity contribution in [2.75, 3.05) is 12.0 Å². The normalized spacial score (nSPS) is 12.0. The molecule has 21 heavy (non-hydrogen) atoms. The van der Waals surface area contributed by atoms with Crippen LogP contribution in [0.3, 0.4) is 0 Å². The first-order valence-corrected chi connectivity index (χ1v) is 8.08. The van der Waals surface area contributed by atoms with E-state index in [4.69, 9.17) is 4.74 Å². The Bertz CT molecular complexity index is 550. The predicted molar refractivity (Wildman–Crippen MR) is 93.1 cm³/mol. The van der Waals surface area contributed by atoms with Gasteiger partial charge in [0.05, 0.1) is 7.11 Å². The molecule has 0 aliphatic heterocycles. The van der Waals surface area contributed by atoms with Gasteiger partial charge < -0.3 is 9.64 Å². The second-order valence-corrected chi connectivity index (χ2v) is 6.13. The molecule has 0 radical (unpaired) electrons. The third-order valence-corrected chi connectivity index (χ3v) is 4.32. The molecule has 0 saturated carbocycles. The van der Waals surface area contributed by atoms with Crippen molar-refractivity contribution >= 4 is 21.6 Å². The van der Waals surface area contributed by atoms with Crippen LogP contribution >= 0.6 is 15.9 Å². The van der Waals surface area contributed by atoms with Gasteiger partial charge in [-0.3, -0.25) is 0 Å². The van der Waals surface area contributed by atoms with Crippen molar-refractivity contribution in [1.29, 1.82) is 0 Å². The molecule has 0 spiro atoms. The van der Waals surface area contributed by atoms with Crippen molar-refractivity contribution in [3.8, 4) is 5.75 Å². The van der Waals surface area contributed by atoms with Crippen molar-refractivity contribution < 1.29 is 4.74 Å². The van der Waals surface area contributed by atoms with E-state index in [1.807, 2.05) is 12.1 Å². The molecule has 0 heterocycles. The number of benzene rings is 2. The van der Waals surface area contributed by atoms with Crippen LogP contribution in [0.2, 0.25) is 0 Å². The average Bonchev–Trinajstić information content (AvgIpc) is 2.54. The summed E-state index contributed by atoms with van der Waals surface area (Å²) in [6.07, 6.45) is 1.11. The van der Waals surface area contributed by atoms with E-state index < -0.39 is 0 Å². The zero-order valence-electron chi connectivity index (χ0n) is 12.8. The van der Waals surface area contributed by atoms with Crippen LogP contribution in [-0.2, 0) is 6.54 Å². The van der Waals surface area contributed by atoms with E-state index in [2.05, 4.69) is 71.1 Å². The number of anilines is 1. The highest BCUT2D eigenvalue weighted by Gasteiger charge is 2.13. The summed E-state index contributed by atoms with van der Waals surface area (Å²) in [7, 11) is 1.70. The lowest BCUT2D eigenvalue weighted by Crippen LogP contribution is -2.31. The molecule has 0 N–H and O–H groups in total. The lowest BCUT2D eigenvalue weighted by Gasteiger charge is -2.31. The summed E-state index contributed by atoms with van der Waals surface area (Å²) in [4.78, 5) is 2.43. The Morgan fingerprint density at radius 2 is 1.67 bits per heavy atom. The minimum Gasteiger partial charge on any atom is -0.497 e. The van der Waals surface area contributed by atoms with Gasteiger partial charge >= 0.3 is 0 Å². The highest BCUT2D eigenvalue weighted by molar-refractivity contribution is 9.10. The Balaban J connectivity index is 2.22. The first kappa shape index (κ1) is 15.9. The predicted octanol–water partition coefficient (Wildman–Crippen LogP) is 5.26. The first-order chi connectivity index (χ1) is 10.1. The highest BCUT2D eigenvalue weighted by atomic mass is 79.9. The van der Waals surface area contributed by atoms with Crippen LogP contribution < -0.4 is 9.64 Å². The molecule has 2 aromatic rings. The lowest BCUT2D eigenvalue weighted by atomic mass is 10.1. The zero-order valence-corrected chi connectivity index (χ0v) is 14.4. The molecule has 3 heteroatoms. The summed E-state index contributed by atoms with van der Waals surface area (Å²) >= 11 is 3.49. The molecule has 0 amide bonds. The largest absolute Gasteiger partial charge is 0.497 e. The van der Waals surface area contributed by atoms with Gasteiger partial charge in [-0.2, -0.15) is 0 Å². The Morgan fingerprint density at radius 3 is 2.19 bits per heavy atom. The molecule has 112 valence electrons. The Hall–Kier alpha value is -1.48. The van der Waals surface area contributed by atoms with Gasteiger partial charge in [0.25, 0.3) is 0 Å². The number of rotatable bonds is 6. The molecule has 0 fully saturated rings. The topological polar surface area (TPSA) is 12.5 Å². The quantitative estimate of drug-likeness (QED) is 0.706. The summed E-state index contributed by atoms with van der Waals surface area (Å²) in [6, 6.07) is 17.3. The van der Waals surface area contributed by atoms with Gasteiger partial charge in [-0.15, -0.1) is 0 Å². The highest BCUT2D eigenvalue weighted by Crippen LogP contribution is 2.24. The fourth-order valence-electron chi connectivity index (χ4n) is 2.28. The van der Waals surface area contributed by atoms with E-state index >= 15 is 0 Å². The standard InChI is InChI=1S/C18H22BrNO/c1-4-14(2)20(13-15-5-7-16(19)8-6-15)17-9-11-18(21-3)12-10-17/h5-12,14H,4,13H2,1-3H3. The lowest BCUT2D eigenvalue weighted by molar-refractivity contribution is 0.414. The number of hydrogen-bond acceptors (Lipinski definition) is 2. The van der Waals surface area contributed by atoms with Crippen molar-refractivity contribution in [2.24, 2.45) is 0 Å². The third kappa shape index (κ3) is 4.24. The second-order valence-electron chi connectivity index (χ2n) is 5.21. The van der Waals surface area contributed by atoms with Crippen LogP contribution in [-0.4, -0.2) is 13.2 Å². The van der Waals surface area contributed by atoms with Crippen molar-refractivity contribution in [3.63, 3.8) is 0 Å². The summed E-state index contributed by atoms with van der Waals surface area (Å²) < 4.78 is 6.36. The molecule has 2 rings (SSSR count). The smallest absolute Gasteiger partial charge is 0.119 e. The van der Waals surface area contributed by atoms with Gasteiger partial charge in [-0.05, 0) is 55.3 Å². The maximum absolute atomic E-state index is 5.24. The van der Waals surface area contributed by atoms with Crippen LogP contribution in [0.5, 0.6) is 5.75 Å². The second kappa shape index (κ2) is 7.51. The van der Waals surface area contributed by atoms with E-state index in [1.165, 1.54) is 11.3 Å². The maximum atomic E-state index is 5.24. The van der Waals surface area contributed by atoms with E-state index in [1.54, 1.807) is 7.11 Å². The van der Waals surface area contributed by atoms with E-state index in [0.717, 1.165) is 23.2 Å². The molecule has 0 bridgehead atoms. The first-order valence-electron chi connectivity index (χ1n) is 7.29. The molecule has 2 nitrogen and oxygen atoms in total. The van der Waals surface area contributed by atoms with Gasteiger partial charge in [0, 0.05) is 22.7 Å². The molecule has 2 aromatic carbocycles. The van der Waals surface area contributed by atoms with Crippen molar-refractivity contribution in [2.45, 2.75) is 32.9 Å². The molecule has 1 atom stereocenters. The molecular formula is C18H22BrNO. The number of ether oxygens (including phenoxy) is 1. The zero-order chi connectivity index (χ0) is 15.2. The van der Waals surface area contributed by atoms with E-state index in [9.17, 15) is 0 Å². The molecular weight excluding hydrogens is 326 g/mol. The Kier molecular flexibility index (Phi) is 5.68. The number of halogens is 1. The number of hydrogen-bond donors (Lipinski definition) is 0. The third-order valence-electron chi connectivity index (χ3n) is 3.79. The molecule has 0 aromatic heterocycles. The molecule has 0 aliphatic carbocycles. The fourth-order valence-corrected chi connectivity index (χ4v) is 2.55. The van der Waals surface area contributed by atoms with E-state index in [-0.39, 0.29) is 0 Å². The number of nitrogens with zero attached hydrogens (tertiary/aromatic N) is 1. The van der Waals surface area contributed by atoms with Crippen LogP contribution in [0.15, 0.2) is 53.0 Å². The van der Waals surface area contributed by atoms with Crippen molar-refractivity contribution in [1.82, 2.24) is 0 Å². The summed E-state index contributed by atoms with van der Waals surface area (Å²) in [5, 5.41) is 0. The van der Waals surface area contributed by atoms with Gasteiger partial charge in [0.1, 0.15) is 5.75 Å². The van der Waals surface area contributed by atoms with Gasteiger partial charge in [0.15, 0.2) is 0 Å². The van der Waals surface area contributed by atoms with Crippen LogP contribution in [0, 0.1) is 0 Å².